The highest BCUT2D eigenvalue weighted by Gasteiger charge is 2.28. The van der Waals surface area contributed by atoms with Gasteiger partial charge in [0.1, 0.15) is 17.2 Å². The number of ether oxygens (including phenoxy) is 1. The average Bonchev–Trinajstić information content (AvgIpc) is 3.25. The third-order valence-corrected chi connectivity index (χ3v) is 7.05. The van der Waals surface area contributed by atoms with Crippen LogP contribution in [0.3, 0.4) is 0 Å². The molecule has 2 aliphatic heterocycles. The molecule has 1 N–H and O–H groups in total. The van der Waals surface area contributed by atoms with Crippen LogP contribution in [0.2, 0.25) is 5.02 Å². The topological polar surface area (TPSA) is 85.7 Å². The summed E-state index contributed by atoms with van der Waals surface area (Å²) in [7, 11) is 0. The van der Waals surface area contributed by atoms with E-state index in [9.17, 15) is 14.7 Å². The first kappa shape index (κ1) is 29.0. The predicted molar refractivity (Wildman–Crippen MR) is 156 cm³/mol. The standard InChI is InChI=1S/C30H32ClFN4O4/c1-3-40-30(39)23(20-38)18-36(24-10-8-22(19-37)9-11-24)28-21(2)17-25(32)29(27(28)31)35-15-13-34(14-16-35)26-7-5-4-6-12-33-26/h4,6-12,17-18,20,37H,3,5,13-16,19H2,1-2H3/b23-18+. The molecule has 0 spiro atoms. The number of allylic oxidation sites excluding steroid dienone is 3. The number of aliphatic hydroxyl groups excluding tert-OH is 1. The van der Waals surface area contributed by atoms with E-state index < -0.39 is 11.8 Å². The number of aliphatic imine (C=N–C) groups is 1. The molecule has 40 heavy (non-hydrogen) atoms. The second-order valence-electron chi connectivity index (χ2n) is 9.28. The lowest BCUT2D eigenvalue weighted by atomic mass is 10.1. The van der Waals surface area contributed by atoms with Gasteiger partial charge in [0.05, 0.1) is 29.6 Å². The number of anilines is 3. The number of aldehydes is 1. The maximum Gasteiger partial charge on any atom is 0.342 e. The van der Waals surface area contributed by atoms with E-state index in [0.29, 0.717) is 55.0 Å². The van der Waals surface area contributed by atoms with Crippen molar-refractivity contribution in [3.8, 4) is 0 Å². The first-order valence-electron chi connectivity index (χ1n) is 13.1. The van der Waals surface area contributed by atoms with Crippen LogP contribution in [0.25, 0.3) is 0 Å². The van der Waals surface area contributed by atoms with Crippen molar-refractivity contribution in [2.75, 3.05) is 42.6 Å². The van der Waals surface area contributed by atoms with Gasteiger partial charge < -0.3 is 24.5 Å². The zero-order chi connectivity index (χ0) is 28.6. The molecule has 1 fully saturated rings. The molecule has 8 nitrogen and oxygen atoms in total. The summed E-state index contributed by atoms with van der Waals surface area (Å²) in [6.07, 6.45) is 10.3. The van der Waals surface area contributed by atoms with E-state index in [1.165, 1.54) is 12.3 Å². The van der Waals surface area contributed by atoms with Crippen molar-refractivity contribution in [3.63, 3.8) is 0 Å². The Labute approximate surface area is 238 Å². The summed E-state index contributed by atoms with van der Waals surface area (Å²) in [5, 5.41) is 9.65. The molecule has 2 aromatic rings. The Hall–Kier alpha value is -3.95. The molecule has 0 radical (unpaired) electrons. The highest BCUT2D eigenvalue weighted by molar-refractivity contribution is 6.36. The van der Waals surface area contributed by atoms with Crippen molar-refractivity contribution < 1.29 is 23.8 Å². The molecule has 2 aromatic carbocycles. The number of esters is 1. The van der Waals surface area contributed by atoms with Gasteiger partial charge in [-0.1, -0.05) is 29.8 Å². The highest BCUT2D eigenvalue weighted by atomic mass is 35.5. The van der Waals surface area contributed by atoms with Crippen LogP contribution in [0, 0.1) is 12.7 Å². The number of aliphatic hydroxyl groups is 1. The van der Waals surface area contributed by atoms with E-state index in [4.69, 9.17) is 16.3 Å². The predicted octanol–water partition coefficient (Wildman–Crippen LogP) is 5.06. The van der Waals surface area contributed by atoms with Gasteiger partial charge in [-0.25, -0.2) is 14.2 Å². The minimum absolute atomic E-state index is 0.0976. The van der Waals surface area contributed by atoms with Crippen LogP contribution in [0.1, 0.15) is 24.5 Å². The molecule has 0 bridgehead atoms. The maximum atomic E-state index is 15.5. The lowest BCUT2D eigenvalue weighted by Gasteiger charge is -2.38. The second kappa shape index (κ2) is 13.4. The minimum Gasteiger partial charge on any atom is -0.462 e. The minimum atomic E-state index is -0.785. The monoisotopic (exact) mass is 566 g/mol. The van der Waals surface area contributed by atoms with E-state index >= 15 is 4.39 Å². The molecular formula is C30H32ClFN4O4. The summed E-state index contributed by atoms with van der Waals surface area (Å²) >= 11 is 6.98. The van der Waals surface area contributed by atoms with Gasteiger partial charge in [0.15, 0.2) is 6.29 Å². The zero-order valence-corrected chi connectivity index (χ0v) is 23.3. The third kappa shape index (κ3) is 6.43. The summed E-state index contributed by atoms with van der Waals surface area (Å²) in [4.78, 5) is 34.5. The Morgan fingerprint density at radius 1 is 1.20 bits per heavy atom. The Kier molecular flexibility index (Phi) is 9.74. The first-order valence-corrected chi connectivity index (χ1v) is 13.5. The number of carbonyl (C=O) groups is 2. The largest absolute Gasteiger partial charge is 0.462 e. The molecule has 0 aromatic heterocycles. The Balaban J connectivity index is 1.74. The first-order chi connectivity index (χ1) is 19.4. The number of carbonyl (C=O) groups excluding carboxylic acids is 2. The fraction of sp³-hybridized carbons (Fsp3) is 0.300. The Morgan fingerprint density at radius 2 is 1.90 bits per heavy atom. The molecule has 2 heterocycles. The van der Waals surface area contributed by atoms with Crippen LogP contribution in [0.15, 0.2) is 71.1 Å². The quantitative estimate of drug-likeness (QED) is 0.149. The molecule has 0 saturated carbocycles. The van der Waals surface area contributed by atoms with Gasteiger partial charge in [-0.15, -0.1) is 0 Å². The van der Waals surface area contributed by atoms with Crippen molar-refractivity contribution in [1.82, 2.24) is 4.90 Å². The van der Waals surface area contributed by atoms with Gasteiger partial charge >= 0.3 is 5.97 Å². The molecule has 0 amide bonds. The molecule has 0 aliphatic carbocycles. The lowest BCUT2D eigenvalue weighted by molar-refractivity contribution is -0.139. The van der Waals surface area contributed by atoms with Crippen LogP contribution in [-0.4, -0.2) is 61.3 Å². The summed E-state index contributed by atoms with van der Waals surface area (Å²) in [6, 6.07) is 8.29. The van der Waals surface area contributed by atoms with Crippen LogP contribution in [0.5, 0.6) is 0 Å². The molecule has 10 heteroatoms. The lowest BCUT2D eigenvalue weighted by Crippen LogP contribution is -2.46. The van der Waals surface area contributed by atoms with Crippen molar-refractivity contribution >= 4 is 47.1 Å². The van der Waals surface area contributed by atoms with Gasteiger partial charge in [0.25, 0.3) is 0 Å². The van der Waals surface area contributed by atoms with Crippen molar-refractivity contribution in [1.29, 1.82) is 0 Å². The fourth-order valence-corrected chi connectivity index (χ4v) is 5.12. The molecule has 1 saturated heterocycles. The molecule has 210 valence electrons. The van der Waals surface area contributed by atoms with Crippen LogP contribution in [-0.2, 0) is 20.9 Å². The SMILES string of the molecule is CCOC(=O)/C(C=O)=C/N(c1ccc(CO)cc1)c1c(C)cc(F)c(N2CCN(C3=CCC=CC=N3)CC2)c1Cl. The number of aryl methyl sites for hydroxylation is 1. The van der Waals surface area contributed by atoms with Gasteiger partial charge in [0.2, 0.25) is 0 Å². The second-order valence-corrected chi connectivity index (χ2v) is 9.66. The number of hydrogen-bond acceptors (Lipinski definition) is 8. The zero-order valence-electron chi connectivity index (χ0n) is 22.5. The van der Waals surface area contributed by atoms with Crippen LogP contribution in [0.4, 0.5) is 21.5 Å². The normalized spacial score (nSPS) is 15.5. The number of rotatable bonds is 9. The van der Waals surface area contributed by atoms with Crippen LogP contribution < -0.4 is 9.80 Å². The summed E-state index contributed by atoms with van der Waals surface area (Å²) < 4.78 is 20.6. The number of halogens is 2. The summed E-state index contributed by atoms with van der Waals surface area (Å²) in [5.74, 6) is -0.354. The van der Waals surface area contributed by atoms with Crippen LogP contribution >= 0.6 is 11.6 Å². The van der Waals surface area contributed by atoms with Crippen molar-refractivity contribution in [3.05, 3.63) is 88.1 Å². The maximum absolute atomic E-state index is 15.5. The Bertz CT molecular complexity index is 1360. The summed E-state index contributed by atoms with van der Waals surface area (Å²) in [5.41, 5.74) is 2.18. The fourth-order valence-electron chi connectivity index (χ4n) is 4.67. The van der Waals surface area contributed by atoms with Gasteiger partial charge in [-0.2, -0.15) is 0 Å². The highest BCUT2D eigenvalue weighted by Crippen LogP contribution is 2.43. The number of nitrogens with zero attached hydrogens (tertiary/aromatic N) is 4. The molecule has 4 rings (SSSR count). The van der Waals surface area contributed by atoms with E-state index in [0.717, 1.165) is 12.2 Å². The van der Waals surface area contributed by atoms with E-state index in [1.54, 1.807) is 49.2 Å². The number of benzene rings is 2. The number of piperazine rings is 1. The Morgan fingerprint density at radius 3 is 2.55 bits per heavy atom. The van der Waals surface area contributed by atoms with Gasteiger partial charge in [0, 0.05) is 44.3 Å². The third-order valence-electron chi connectivity index (χ3n) is 6.69. The smallest absolute Gasteiger partial charge is 0.342 e. The van der Waals surface area contributed by atoms with Gasteiger partial charge in [-0.3, -0.25) is 4.79 Å². The molecule has 2 aliphatic rings. The van der Waals surface area contributed by atoms with E-state index in [1.807, 2.05) is 17.1 Å². The van der Waals surface area contributed by atoms with E-state index in [-0.39, 0.29) is 29.5 Å². The van der Waals surface area contributed by atoms with Crippen molar-refractivity contribution in [2.24, 2.45) is 4.99 Å². The van der Waals surface area contributed by atoms with E-state index in [2.05, 4.69) is 16.0 Å². The average molecular weight is 567 g/mol. The summed E-state index contributed by atoms with van der Waals surface area (Å²) in [6.45, 7) is 5.60. The number of hydrogen-bond donors (Lipinski definition) is 1. The van der Waals surface area contributed by atoms with Crippen molar-refractivity contribution in [2.45, 2.75) is 26.9 Å². The van der Waals surface area contributed by atoms with Gasteiger partial charge in [-0.05, 0) is 61.7 Å². The molecular weight excluding hydrogens is 535 g/mol. The molecule has 0 atom stereocenters. The molecule has 0 unspecified atom stereocenters.